The number of halogens is 4. The zero-order valence-electron chi connectivity index (χ0n) is 23.1. The van der Waals surface area contributed by atoms with Crippen molar-refractivity contribution in [3.05, 3.63) is 54.0 Å². The summed E-state index contributed by atoms with van der Waals surface area (Å²) in [7, 11) is 0. The van der Waals surface area contributed by atoms with Crippen molar-refractivity contribution in [1.29, 1.82) is 5.41 Å². The standard InChI is InChI=1S/C29H30F4N6O3/c1-3-17(4-2)28(40)42-12-11-41-24-14-23-18(13-21(24)30)5-7-22(35-23)27-37-36-25-8-6-19(15-39(25)27)26(29(31,32)33)38-10-9-20(34)16-38/h5-8,13-15,17,26,34H,3-4,9-12,16H2,1-2H3/t26-/m1/s1. The molecule has 0 amide bonds. The number of carbonyl (C=O) groups excluding carboxylic acids is 1. The van der Waals surface area contributed by atoms with Crippen LogP contribution in [0.5, 0.6) is 5.75 Å². The van der Waals surface area contributed by atoms with Crippen molar-refractivity contribution in [3.63, 3.8) is 0 Å². The van der Waals surface area contributed by atoms with Gasteiger partial charge in [-0.3, -0.25) is 14.1 Å². The van der Waals surface area contributed by atoms with Crippen LogP contribution in [-0.4, -0.2) is 68.6 Å². The molecule has 3 aromatic heterocycles. The number of hydrogen-bond acceptors (Lipinski definition) is 8. The lowest BCUT2D eigenvalue weighted by molar-refractivity contribution is -0.183. The summed E-state index contributed by atoms with van der Waals surface area (Å²) >= 11 is 0. The van der Waals surface area contributed by atoms with E-state index in [4.69, 9.17) is 14.9 Å². The molecule has 0 aliphatic carbocycles. The summed E-state index contributed by atoms with van der Waals surface area (Å²) in [5, 5.41) is 16.5. The number of rotatable bonds is 10. The van der Waals surface area contributed by atoms with Gasteiger partial charge in [0.05, 0.1) is 11.4 Å². The minimum absolute atomic E-state index is 0.00538. The second-order valence-electron chi connectivity index (χ2n) is 10.2. The Hall–Kier alpha value is -4.13. The van der Waals surface area contributed by atoms with Crippen LogP contribution in [0.2, 0.25) is 0 Å². The zero-order chi connectivity index (χ0) is 30.0. The van der Waals surface area contributed by atoms with Crippen molar-refractivity contribution in [2.24, 2.45) is 5.92 Å². The highest BCUT2D eigenvalue weighted by atomic mass is 19.4. The summed E-state index contributed by atoms with van der Waals surface area (Å²) in [6.07, 6.45) is -1.58. The Morgan fingerprint density at radius 1 is 1.10 bits per heavy atom. The fourth-order valence-corrected chi connectivity index (χ4v) is 5.15. The predicted octanol–water partition coefficient (Wildman–Crippen LogP) is 5.77. The second kappa shape index (κ2) is 12.0. The molecule has 4 aromatic rings. The summed E-state index contributed by atoms with van der Waals surface area (Å²) < 4.78 is 69.4. The molecule has 5 rings (SSSR count). The zero-order valence-corrected chi connectivity index (χ0v) is 23.1. The van der Waals surface area contributed by atoms with Crippen LogP contribution >= 0.6 is 0 Å². The van der Waals surface area contributed by atoms with Crippen LogP contribution in [0.15, 0.2) is 42.6 Å². The van der Waals surface area contributed by atoms with Gasteiger partial charge in [-0.1, -0.05) is 26.0 Å². The van der Waals surface area contributed by atoms with Gasteiger partial charge in [0.1, 0.15) is 24.9 Å². The lowest BCUT2D eigenvalue weighted by Crippen LogP contribution is -2.37. The Bertz CT molecular complexity index is 1620. The van der Waals surface area contributed by atoms with Gasteiger partial charge in [0.15, 0.2) is 23.0 Å². The Labute approximate surface area is 239 Å². The predicted molar refractivity (Wildman–Crippen MR) is 147 cm³/mol. The fraction of sp³-hybridized carbons (Fsp3) is 0.414. The molecular weight excluding hydrogens is 556 g/mol. The lowest BCUT2D eigenvalue weighted by Gasteiger charge is -2.29. The summed E-state index contributed by atoms with van der Waals surface area (Å²) in [6.45, 7) is 3.81. The average Bonchev–Trinajstić information content (AvgIpc) is 3.57. The topological polar surface area (TPSA) is 106 Å². The number of aromatic nitrogens is 4. The van der Waals surface area contributed by atoms with Gasteiger partial charge >= 0.3 is 12.1 Å². The number of esters is 1. The molecule has 1 aliphatic rings. The van der Waals surface area contributed by atoms with Gasteiger partial charge in [0.25, 0.3) is 0 Å². The molecule has 0 saturated carbocycles. The molecule has 0 bridgehead atoms. The summed E-state index contributed by atoms with van der Waals surface area (Å²) in [4.78, 5) is 17.9. The number of pyridine rings is 2. The molecule has 1 N–H and O–H groups in total. The molecule has 1 saturated heterocycles. The normalized spacial score (nSPS) is 15.2. The highest BCUT2D eigenvalue weighted by molar-refractivity contribution is 5.85. The highest BCUT2D eigenvalue weighted by Crippen LogP contribution is 2.39. The summed E-state index contributed by atoms with van der Waals surface area (Å²) in [6, 6.07) is 6.83. The summed E-state index contributed by atoms with van der Waals surface area (Å²) in [5.41, 5.74) is 1.27. The Balaban J connectivity index is 1.41. The molecule has 1 fully saturated rings. The molecule has 1 aromatic carbocycles. The molecule has 1 atom stereocenters. The molecular formula is C29H30F4N6O3. The van der Waals surface area contributed by atoms with Gasteiger partial charge < -0.3 is 14.9 Å². The minimum Gasteiger partial charge on any atom is -0.487 e. The van der Waals surface area contributed by atoms with Crippen LogP contribution < -0.4 is 4.74 Å². The van der Waals surface area contributed by atoms with Crippen molar-refractivity contribution in [2.75, 3.05) is 26.3 Å². The van der Waals surface area contributed by atoms with Crippen molar-refractivity contribution in [3.8, 4) is 17.3 Å². The van der Waals surface area contributed by atoms with Crippen LogP contribution in [0, 0.1) is 17.1 Å². The Morgan fingerprint density at radius 3 is 2.57 bits per heavy atom. The van der Waals surface area contributed by atoms with Gasteiger partial charge in [-0.25, -0.2) is 9.37 Å². The van der Waals surface area contributed by atoms with E-state index < -0.39 is 18.0 Å². The van der Waals surface area contributed by atoms with Crippen molar-refractivity contribution in [1.82, 2.24) is 24.5 Å². The maximum Gasteiger partial charge on any atom is 0.408 e. The minimum atomic E-state index is -4.56. The van der Waals surface area contributed by atoms with E-state index in [-0.39, 0.29) is 61.0 Å². The number of carbonyl (C=O) groups is 1. The van der Waals surface area contributed by atoms with E-state index in [2.05, 4.69) is 15.2 Å². The van der Waals surface area contributed by atoms with E-state index >= 15 is 0 Å². The third kappa shape index (κ3) is 6.06. The third-order valence-corrected chi connectivity index (χ3v) is 7.39. The fourth-order valence-electron chi connectivity index (χ4n) is 5.15. The summed E-state index contributed by atoms with van der Waals surface area (Å²) in [5.74, 6) is -0.996. The molecule has 0 unspecified atom stereocenters. The highest BCUT2D eigenvalue weighted by Gasteiger charge is 2.46. The van der Waals surface area contributed by atoms with Gasteiger partial charge in [-0.15, -0.1) is 10.2 Å². The number of ether oxygens (including phenoxy) is 2. The van der Waals surface area contributed by atoms with Crippen LogP contribution in [0.3, 0.4) is 0 Å². The van der Waals surface area contributed by atoms with Crippen LogP contribution in [-0.2, 0) is 9.53 Å². The molecule has 0 radical (unpaired) electrons. The number of benzene rings is 1. The third-order valence-electron chi connectivity index (χ3n) is 7.39. The van der Waals surface area contributed by atoms with E-state index in [9.17, 15) is 22.4 Å². The largest absolute Gasteiger partial charge is 0.487 e. The van der Waals surface area contributed by atoms with Gasteiger partial charge in [-0.2, -0.15) is 13.2 Å². The number of fused-ring (bicyclic) bond motifs is 2. The van der Waals surface area contributed by atoms with E-state index in [1.807, 2.05) is 13.8 Å². The molecule has 4 heterocycles. The first kappa shape index (κ1) is 29.4. The first-order valence-corrected chi connectivity index (χ1v) is 13.7. The SMILES string of the molecule is CCC(CC)C(=O)OCCOc1cc2nc(-c3nnc4ccc([C@@H](N5CCC(=N)C5)C(F)(F)F)cn34)ccc2cc1F. The van der Waals surface area contributed by atoms with Gasteiger partial charge in [0.2, 0.25) is 0 Å². The number of nitrogens with zero attached hydrogens (tertiary/aromatic N) is 5. The number of nitrogens with one attached hydrogen (secondary N) is 1. The van der Waals surface area contributed by atoms with Crippen molar-refractivity contribution in [2.45, 2.75) is 45.3 Å². The van der Waals surface area contributed by atoms with Gasteiger partial charge in [-0.05, 0) is 43.0 Å². The van der Waals surface area contributed by atoms with Crippen molar-refractivity contribution < 1.29 is 31.8 Å². The average molecular weight is 587 g/mol. The maximum atomic E-state index is 14.7. The molecule has 9 nitrogen and oxygen atoms in total. The van der Waals surface area contributed by atoms with Crippen LogP contribution in [0.4, 0.5) is 17.6 Å². The molecule has 0 spiro atoms. The smallest absolute Gasteiger partial charge is 0.408 e. The monoisotopic (exact) mass is 586 g/mol. The van der Waals surface area contributed by atoms with E-state index in [1.54, 1.807) is 12.1 Å². The van der Waals surface area contributed by atoms with E-state index in [0.29, 0.717) is 41.5 Å². The Kier molecular flexibility index (Phi) is 8.39. The molecule has 1 aliphatic heterocycles. The lowest BCUT2D eigenvalue weighted by atomic mass is 10.0. The van der Waals surface area contributed by atoms with E-state index in [0.717, 1.165) is 0 Å². The van der Waals surface area contributed by atoms with Crippen molar-refractivity contribution >= 4 is 28.2 Å². The quantitative estimate of drug-likeness (QED) is 0.143. The first-order chi connectivity index (χ1) is 20.1. The molecule has 42 heavy (non-hydrogen) atoms. The first-order valence-electron chi connectivity index (χ1n) is 13.7. The number of alkyl halides is 3. The maximum absolute atomic E-state index is 14.7. The number of hydrogen-bond donors (Lipinski definition) is 1. The van der Waals surface area contributed by atoms with E-state index in [1.165, 1.54) is 39.8 Å². The Morgan fingerprint density at radius 2 is 1.88 bits per heavy atom. The molecule has 222 valence electrons. The van der Waals surface area contributed by atoms with Crippen LogP contribution in [0.1, 0.15) is 44.7 Å². The molecule has 13 heteroatoms. The second-order valence-corrected chi connectivity index (χ2v) is 10.2. The number of likely N-dealkylation sites (tertiary alicyclic amines) is 1. The van der Waals surface area contributed by atoms with Gasteiger partial charge in [0, 0.05) is 36.5 Å². The van der Waals surface area contributed by atoms with Crippen LogP contribution in [0.25, 0.3) is 28.1 Å².